The molecule has 0 unspecified atom stereocenters. The van der Waals surface area contributed by atoms with E-state index in [1.165, 1.54) is 22.8 Å². The summed E-state index contributed by atoms with van der Waals surface area (Å²) in [5.74, 6) is 0. The molecule has 0 radical (unpaired) electrons. The fourth-order valence-corrected chi connectivity index (χ4v) is 1.91. The zero-order valence-electron chi connectivity index (χ0n) is 7.94. The summed E-state index contributed by atoms with van der Waals surface area (Å²) in [6.07, 6.45) is 1.51. The summed E-state index contributed by atoms with van der Waals surface area (Å²) < 4.78 is 5.47. The predicted molar refractivity (Wildman–Crippen MR) is 57.3 cm³/mol. The van der Waals surface area contributed by atoms with Crippen LogP contribution in [0, 0.1) is 0 Å². The molecule has 1 saturated heterocycles. The van der Waals surface area contributed by atoms with Crippen LogP contribution in [0.3, 0.4) is 0 Å². The average Bonchev–Trinajstić information content (AvgIpc) is 2.15. The first-order valence-electron chi connectivity index (χ1n) is 5.04. The Balaban J connectivity index is 2.10. The molecule has 0 saturated carbocycles. The number of hydrogen-bond donors (Lipinski definition) is 0. The van der Waals surface area contributed by atoms with Crippen LogP contribution in [-0.2, 0) is 4.74 Å². The Bertz CT molecular complexity index is 457. The van der Waals surface area contributed by atoms with Crippen molar-refractivity contribution in [2.24, 2.45) is 0 Å². The summed E-state index contributed by atoms with van der Waals surface area (Å²) in [5.41, 5.74) is 1.31. The van der Waals surface area contributed by atoms with Crippen molar-refractivity contribution in [1.82, 2.24) is 0 Å². The van der Waals surface area contributed by atoms with Crippen LogP contribution in [0.25, 0.3) is 10.8 Å². The fraction of sp³-hybridized carbons (Fsp3) is 0.231. The molecule has 0 amide bonds. The van der Waals surface area contributed by atoms with Crippen LogP contribution in [-0.4, -0.2) is 6.61 Å². The maximum Gasteiger partial charge on any atom is 0.0847 e. The first-order valence-corrected chi connectivity index (χ1v) is 5.04. The molecule has 1 atom stereocenters. The molecule has 0 N–H and O–H groups in total. The largest absolute Gasteiger partial charge is 0.373 e. The second kappa shape index (κ2) is 3.10. The van der Waals surface area contributed by atoms with Crippen LogP contribution in [0.4, 0.5) is 0 Å². The van der Waals surface area contributed by atoms with Gasteiger partial charge in [0.25, 0.3) is 0 Å². The predicted octanol–water partition coefficient (Wildman–Crippen LogP) is 3.30. The zero-order valence-corrected chi connectivity index (χ0v) is 7.94. The van der Waals surface area contributed by atoms with Crippen molar-refractivity contribution in [3.63, 3.8) is 0 Å². The lowest BCUT2D eigenvalue weighted by Gasteiger charge is -2.26. The van der Waals surface area contributed by atoms with Gasteiger partial charge < -0.3 is 4.74 Å². The van der Waals surface area contributed by atoms with E-state index in [4.69, 9.17) is 4.74 Å². The van der Waals surface area contributed by atoms with Gasteiger partial charge in [-0.3, -0.25) is 0 Å². The Morgan fingerprint density at radius 2 is 1.79 bits per heavy atom. The summed E-state index contributed by atoms with van der Waals surface area (Å²) in [6, 6.07) is 15.0. The molecule has 1 nitrogen and oxygen atoms in total. The Morgan fingerprint density at radius 1 is 1.00 bits per heavy atom. The molecule has 0 spiro atoms. The van der Waals surface area contributed by atoms with Gasteiger partial charge in [0.15, 0.2) is 0 Å². The summed E-state index contributed by atoms with van der Waals surface area (Å²) >= 11 is 0. The van der Waals surface area contributed by atoms with Crippen molar-refractivity contribution >= 4 is 10.8 Å². The van der Waals surface area contributed by atoms with Gasteiger partial charge in [-0.05, 0) is 22.4 Å². The number of benzene rings is 2. The zero-order chi connectivity index (χ0) is 9.38. The van der Waals surface area contributed by atoms with Gasteiger partial charge in [-0.25, -0.2) is 0 Å². The Hall–Kier alpha value is -1.34. The van der Waals surface area contributed by atoms with E-state index >= 15 is 0 Å². The van der Waals surface area contributed by atoms with E-state index in [1.54, 1.807) is 0 Å². The minimum absolute atomic E-state index is 0.347. The highest BCUT2D eigenvalue weighted by Gasteiger charge is 2.19. The minimum atomic E-state index is 0.347. The molecule has 3 rings (SSSR count). The van der Waals surface area contributed by atoms with Crippen molar-refractivity contribution in [3.8, 4) is 0 Å². The molecule has 2 aromatic rings. The third kappa shape index (κ3) is 1.21. The normalized spacial score (nSPS) is 20.7. The highest BCUT2D eigenvalue weighted by Crippen LogP contribution is 2.30. The molecule has 1 heteroatoms. The molecule has 2 aromatic carbocycles. The molecule has 0 aromatic heterocycles. The lowest BCUT2D eigenvalue weighted by molar-refractivity contribution is -0.0526. The number of fused-ring (bicyclic) bond motifs is 1. The van der Waals surface area contributed by atoms with Gasteiger partial charge in [-0.2, -0.15) is 0 Å². The number of ether oxygens (including phenoxy) is 1. The molecule has 1 aliphatic heterocycles. The Kier molecular flexibility index (Phi) is 1.78. The maximum atomic E-state index is 5.47. The third-order valence-corrected chi connectivity index (χ3v) is 2.84. The van der Waals surface area contributed by atoms with Crippen LogP contribution in [0.15, 0.2) is 42.5 Å². The van der Waals surface area contributed by atoms with Crippen LogP contribution in [0.5, 0.6) is 0 Å². The molecule has 0 aliphatic carbocycles. The second-order valence-corrected chi connectivity index (χ2v) is 3.75. The van der Waals surface area contributed by atoms with Crippen molar-refractivity contribution < 1.29 is 4.74 Å². The van der Waals surface area contributed by atoms with Gasteiger partial charge >= 0.3 is 0 Å². The van der Waals surface area contributed by atoms with Gasteiger partial charge in [-0.1, -0.05) is 36.4 Å². The van der Waals surface area contributed by atoms with Gasteiger partial charge in [0.1, 0.15) is 0 Å². The average molecular weight is 184 g/mol. The SMILES string of the molecule is c1ccc2cc([C@H]3CCO3)ccc2c1. The maximum absolute atomic E-state index is 5.47. The second-order valence-electron chi connectivity index (χ2n) is 3.75. The molecule has 1 heterocycles. The van der Waals surface area contributed by atoms with E-state index in [1.807, 2.05) is 0 Å². The molecule has 14 heavy (non-hydrogen) atoms. The van der Waals surface area contributed by atoms with Gasteiger partial charge in [0, 0.05) is 6.42 Å². The van der Waals surface area contributed by atoms with E-state index in [2.05, 4.69) is 42.5 Å². The molecular formula is C13H12O. The smallest absolute Gasteiger partial charge is 0.0847 e. The lowest BCUT2D eigenvalue weighted by atomic mass is 10.00. The molecular weight excluding hydrogens is 172 g/mol. The number of hydrogen-bond acceptors (Lipinski definition) is 1. The first-order chi connectivity index (χ1) is 6.93. The van der Waals surface area contributed by atoms with Crippen LogP contribution in [0.1, 0.15) is 18.1 Å². The van der Waals surface area contributed by atoms with Gasteiger partial charge in [-0.15, -0.1) is 0 Å². The first kappa shape index (κ1) is 8.01. The molecule has 0 bridgehead atoms. The van der Waals surface area contributed by atoms with E-state index in [9.17, 15) is 0 Å². The molecule has 1 aliphatic rings. The van der Waals surface area contributed by atoms with Crippen molar-refractivity contribution in [1.29, 1.82) is 0 Å². The summed E-state index contributed by atoms with van der Waals surface area (Å²) in [4.78, 5) is 0. The third-order valence-electron chi connectivity index (χ3n) is 2.84. The molecule has 70 valence electrons. The van der Waals surface area contributed by atoms with E-state index in [0.29, 0.717) is 6.10 Å². The highest BCUT2D eigenvalue weighted by atomic mass is 16.5. The monoisotopic (exact) mass is 184 g/mol. The molecule has 1 fully saturated rings. The van der Waals surface area contributed by atoms with Crippen LogP contribution in [0.2, 0.25) is 0 Å². The van der Waals surface area contributed by atoms with Crippen LogP contribution >= 0.6 is 0 Å². The fourth-order valence-electron chi connectivity index (χ4n) is 1.91. The van der Waals surface area contributed by atoms with E-state index in [0.717, 1.165) is 6.61 Å². The van der Waals surface area contributed by atoms with Crippen molar-refractivity contribution in [2.45, 2.75) is 12.5 Å². The van der Waals surface area contributed by atoms with Crippen LogP contribution < -0.4 is 0 Å². The van der Waals surface area contributed by atoms with E-state index < -0.39 is 0 Å². The standard InChI is InChI=1S/C13H12O/c1-2-4-11-9-12(13-7-8-14-13)6-5-10(11)3-1/h1-6,9,13H,7-8H2/t13-/m1/s1. The van der Waals surface area contributed by atoms with Gasteiger partial charge in [0.05, 0.1) is 12.7 Å². The van der Waals surface area contributed by atoms with Crippen molar-refractivity contribution in [3.05, 3.63) is 48.0 Å². The summed E-state index contributed by atoms with van der Waals surface area (Å²) in [6.45, 7) is 0.914. The quantitative estimate of drug-likeness (QED) is 0.660. The van der Waals surface area contributed by atoms with Gasteiger partial charge in [0.2, 0.25) is 0 Å². The highest BCUT2D eigenvalue weighted by molar-refractivity contribution is 5.83. The topological polar surface area (TPSA) is 9.23 Å². The van der Waals surface area contributed by atoms with E-state index in [-0.39, 0.29) is 0 Å². The number of rotatable bonds is 1. The minimum Gasteiger partial charge on any atom is -0.373 e. The van der Waals surface area contributed by atoms with Crippen molar-refractivity contribution in [2.75, 3.05) is 6.61 Å². The summed E-state index contributed by atoms with van der Waals surface area (Å²) in [5, 5.41) is 2.61. The Labute approximate surface area is 83.3 Å². The summed E-state index contributed by atoms with van der Waals surface area (Å²) in [7, 11) is 0. The lowest BCUT2D eigenvalue weighted by Crippen LogP contribution is -2.17. The Morgan fingerprint density at radius 3 is 2.50 bits per heavy atom.